The Labute approximate surface area is 197 Å². The Morgan fingerprint density at radius 2 is 1.42 bits per heavy atom. The zero-order chi connectivity index (χ0) is 24.0. The van der Waals surface area contributed by atoms with Crippen LogP contribution in [0.1, 0.15) is 16.7 Å². The Balaban J connectivity index is 1.86. The molecule has 0 aromatic heterocycles. The van der Waals surface area contributed by atoms with E-state index < -0.39 is 30.1 Å². The van der Waals surface area contributed by atoms with E-state index in [2.05, 4.69) is 0 Å². The summed E-state index contributed by atoms with van der Waals surface area (Å²) < 4.78 is 50.5. The van der Waals surface area contributed by atoms with Crippen molar-refractivity contribution in [2.24, 2.45) is 0 Å². The molecule has 0 bridgehead atoms. The maximum absolute atomic E-state index is 13.4. The largest absolute Gasteiger partial charge is 0.489 e. The van der Waals surface area contributed by atoms with E-state index in [4.69, 9.17) is 37.8 Å². The zero-order valence-electron chi connectivity index (χ0n) is 16.9. The van der Waals surface area contributed by atoms with E-state index in [0.717, 1.165) is 28.8 Å². The summed E-state index contributed by atoms with van der Waals surface area (Å²) in [6, 6.07) is 17.3. The maximum atomic E-state index is 13.4. The molecule has 3 aromatic rings. The first-order chi connectivity index (χ1) is 15.6. The molecule has 0 radical (unpaired) electrons. The Hall–Kier alpha value is -3.16. The van der Waals surface area contributed by atoms with Gasteiger partial charge < -0.3 is 14.6 Å². The molecule has 0 unspecified atom stereocenters. The van der Waals surface area contributed by atoms with Crippen molar-refractivity contribution in [2.75, 3.05) is 13.2 Å². The molecule has 0 aliphatic rings. The molecule has 0 spiro atoms. The number of rotatable bonds is 8. The van der Waals surface area contributed by atoms with Crippen LogP contribution >= 0.6 is 23.2 Å². The van der Waals surface area contributed by atoms with Gasteiger partial charge in [-0.05, 0) is 65.2 Å². The average molecular weight is 497 g/mol. The lowest BCUT2D eigenvalue weighted by Gasteiger charge is -2.15. The van der Waals surface area contributed by atoms with E-state index >= 15 is 0 Å². The van der Waals surface area contributed by atoms with E-state index in [1.807, 2.05) is 24.3 Å². The highest BCUT2D eigenvalue weighted by atomic mass is 35.5. The molecule has 172 valence electrons. The Kier molecular flexibility index (Phi) is 7.89. The Bertz CT molecular complexity index is 1090. The molecular weight excluding hydrogens is 480 g/mol. The van der Waals surface area contributed by atoms with Gasteiger partial charge in [-0.2, -0.15) is 13.2 Å². The number of halogens is 5. The summed E-state index contributed by atoms with van der Waals surface area (Å²) in [5, 5.41) is 9.79. The molecule has 0 aliphatic heterocycles. The van der Waals surface area contributed by atoms with Crippen LogP contribution in [-0.4, -0.2) is 24.3 Å². The molecular formula is C24H17Cl2F3O4. The van der Waals surface area contributed by atoms with Gasteiger partial charge in [0.15, 0.2) is 6.61 Å². The normalized spacial score (nSPS) is 11.1. The van der Waals surface area contributed by atoms with Gasteiger partial charge >= 0.3 is 12.1 Å². The molecule has 0 atom stereocenters. The van der Waals surface area contributed by atoms with E-state index in [9.17, 15) is 18.0 Å². The van der Waals surface area contributed by atoms with E-state index in [1.165, 1.54) is 6.07 Å². The monoisotopic (exact) mass is 496 g/mol. The summed E-state index contributed by atoms with van der Waals surface area (Å²) in [7, 11) is 0. The van der Waals surface area contributed by atoms with E-state index in [0.29, 0.717) is 10.0 Å². The quantitative estimate of drug-likeness (QED) is 0.365. The molecule has 1 N–H and O–H groups in total. The SMILES string of the molecule is O=C(O)COc1ccc(OCC=C(c2ccc(Cl)cc2)c2ccc(Cl)cc2)cc1C(F)(F)F. The van der Waals surface area contributed by atoms with Crippen molar-refractivity contribution < 1.29 is 32.5 Å². The number of alkyl halides is 3. The molecule has 9 heteroatoms. The van der Waals surface area contributed by atoms with Gasteiger partial charge in [0.2, 0.25) is 0 Å². The predicted octanol–water partition coefficient (Wildman–Crippen LogP) is 6.99. The van der Waals surface area contributed by atoms with E-state index in [-0.39, 0.29) is 12.4 Å². The number of hydrogen-bond acceptors (Lipinski definition) is 3. The number of ether oxygens (including phenoxy) is 2. The Morgan fingerprint density at radius 1 is 0.879 bits per heavy atom. The fraction of sp³-hybridized carbons (Fsp3) is 0.125. The summed E-state index contributed by atoms with van der Waals surface area (Å²) in [4.78, 5) is 10.6. The number of carboxylic acids is 1. The van der Waals surface area contributed by atoms with Crippen LogP contribution in [0, 0.1) is 0 Å². The number of carboxylic acid groups (broad SMARTS) is 1. The minimum atomic E-state index is -4.75. The van der Waals surface area contributed by atoms with Crippen LogP contribution in [-0.2, 0) is 11.0 Å². The Morgan fingerprint density at radius 3 is 1.91 bits per heavy atom. The molecule has 0 saturated heterocycles. The fourth-order valence-corrected chi connectivity index (χ4v) is 3.22. The number of carbonyl (C=O) groups is 1. The molecule has 3 rings (SSSR count). The molecule has 0 aliphatic carbocycles. The topological polar surface area (TPSA) is 55.8 Å². The van der Waals surface area contributed by atoms with Crippen LogP contribution in [0.5, 0.6) is 11.5 Å². The van der Waals surface area contributed by atoms with Crippen LogP contribution in [0.15, 0.2) is 72.8 Å². The smallest absolute Gasteiger partial charge is 0.420 e. The van der Waals surface area contributed by atoms with Gasteiger partial charge in [-0.25, -0.2) is 4.79 Å². The summed E-state index contributed by atoms with van der Waals surface area (Å²) >= 11 is 12.0. The highest BCUT2D eigenvalue weighted by Gasteiger charge is 2.35. The summed E-state index contributed by atoms with van der Waals surface area (Å²) in [6.45, 7) is -0.926. The second-order valence-corrected chi connectivity index (χ2v) is 7.65. The first-order valence-electron chi connectivity index (χ1n) is 9.54. The lowest BCUT2D eigenvalue weighted by Crippen LogP contribution is -2.14. The van der Waals surface area contributed by atoms with Crippen LogP contribution in [0.4, 0.5) is 13.2 Å². The van der Waals surface area contributed by atoms with Gasteiger partial charge in [0.1, 0.15) is 23.7 Å². The van der Waals surface area contributed by atoms with Gasteiger partial charge in [0, 0.05) is 10.0 Å². The third-order valence-corrected chi connectivity index (χ3v) is 4.96. The predicted molar refractivity (Wildman–Crippen MR) is 120 cm³/mol. The van der Waals surface area contributed by atoms with Crippen molar-refractivity contribution in [2.45, 2.75) is 6.18 Å². The minimum Gasteiger partial charge on any atom is -0.489 e. The summed E-state index contributed by atoms with van der Waals surface area (Å²) in [5.41, 5.74) is 1.32. The van der Waals surface area contributed by atoms with Crippen molar-refractivity contribution in [3.63, 3.8) is 0 Å². The average Bonchev–Trinajstić information content (AvgIpc) is 2.76. The van der Waals surface area contributed by atoms with Crippen LogP contribution in [0.2, 0.25) is 10.0 Å². The standard InChI is InChI=1S/C24H17Cl2F3O4/c25-17-5-1-15(2-6-17)20(16-3-7-18(26)8-4-16)11-12-32-19-9-10-22(33-14-23(30)31)21(13-19)24(27,28)29/h1-11,13H,12,14H2,(H,30,31). The summed E-state index contributed by atoms with van der Waals surface area (Å²) in [5.74, 6) is -2.02. The number of hydrogen-bond donors (Lipinski definition) is 1. The number of benzene rings is 3. The molecule has 4 nitrogen and oxygen atoms in total. The fourth-order valence-electron chi connectivity index (χ4n) is 2.97. The van der Waals surface area contributed by atoms with Crippen molar-refractivity contribution >= 4 is 34.7 Å². The highest BCUT2D eigenvalue weighted by Crippen LogP contribution is 2.38. The third kappa shape index (κ3) is 6.91. The lowest BCUT2D eigenvalue weighted by molar-refractivity contribution is -0.143. The van der Waals surface area contributed by atoms with E-state index in [1.54, 1.807) is 30.3 Å². The lowest BCUT2D eigenvalue weighted by atomic mass is 9.98. The molecule has 0 amide bonds. The highest BCUT2D eigenvalue weighted by molar-refractivity contribution is 6.31. The molecule has 0 heterocycles. The minimum absolute atomic E-state index is 0.0345. The number of aliphatic carboxylic acids is 1. The molecule has 0 saturated carbocycles. The van der Waals surface area contributed by atoms with Crippen molar-refractivity contribution in [3.8, 4) is 11.5 Å². The molecule has 33 heavy (non-hydrogen) atoms. The third-order valence-electron chi connectivity index (χ3n) is 4.46. The van der Waals surface area contributed by atoms with Crippen LogP contribution in [0.25, 0.3) is 5.57 Å². The first kappa shape index (κ1) is 24.5. The van der Waals surface area contributed by atoms with Crippen LogP contribution in [0.3, 0.4) is 0 Å². The van der Waals surface area contributed by atoms with Gasteiger partial charge in [-0.1, -0.05) is 47.5 Å². The van der Waals surface area contributed by atoms with Gasteiger partial charge in [-0.3, -0.25) is 0 Å². The van der Waals surface area contributed by atoms with Gasteiger partial charge in [0.05, 0.1) is 0 Å². The summed E-state index contributed by atoms with van der Waals surface area (Å²) in [6.07, 6.45) is -3.02. The van der Waals surface area contributed by atoms with Gasteiger partial charge in [0.25, 0.3) is 0 Å². The van der Waals surface area contributed by atoms with Gasteiger partial charge in [-0.15, -0.1) is 0 Å². The first-order valence-corrected chi connectivity index (χ1v) is 10.3. The van der Waals surface area contributed by atoms with Crippen molar-refractivity contribution in [3.05, 3.63) is 99.5 Å². The second-order valence-electron chi connectivity index (χ2n) is 6.78. The zero-order valence-corrected chi connectivity index (χ0v) is 18.4. The maximum Gasteiger partial charge on any atom is 0.420 e. The second kappa shape index (κ2) is 10.6. The van der Waals surface area contributed by atoms with Crippen LogP contribution < -0.4 is 9.47 Å². The molecule has 3 aromatic carbocycles. The van der Waals surface area contributed by atoms with Crippen molar-refractivity contribution in [1.82, 2.24) is 0 Å². The van der Waals surface area contributed by atoms with Crippen molar-refractivity contribution in [1.29, 1.82) is 0 Å². The molecule has 0 fully saturated rings.